The molecule has 198 valence electrons. The first kappa shape index (κ1) is 28.0. The fourth-order valence-electron chi connectivity index (χ4n) is 4.64. The zero-order valence-electron chi connectivity index (χ0n) is 21.9. The van der Waals surface area contributed by atoms with E-state index in [1.54, 1.807) is 22.8 Å². The third kappa shape index (κ3) is 6.52. The smallest absolute Gasteiger partial charge is 0.261 e. The molecule has 1 aromatic heterocycles. The topological polar surface area (TPSA) is 58.4 Å². The van der Waals surface area contributed by atoms with E-state index in [0.29, 0.717) is 46.8 Å². The highest BCUT2D eigenvalue weighted by atomic mass is 79.9. The van der Waals surface area contributed by atoms with Crippen LogP contribution in [0.4, 0.5) is 0 Å². The molecule has 4 rings (SSSR count). The predicted octanol–water partition coefficient (Wildman–Crippen LogP) is 6.41. The van der Waals surface area contributed by atoms with Crippen molar-refractivity contribution in [3.63, 3.8) is 0 Å². The number of carbonyl (C=O) groups excluding carboxylic acids is 1. The molecule has 0 aliphatic rings. The summed E-state index contributed by atoms with van der Waals surface area (Å²) >= 11 is 9.75. The second kappa shape index (κ2) is 12.7. The van der Waals surface area contributed by atoms with Crippen molar-refractivity contribution in [1.82, 2.24) is 19.4 Å². The number of hydrogen-bond donors (Lipinski definition) is 0. The Morgan fingerprint density at radius 3 is 2.39 bits per heavy atom. The minimum atomic E-state index is -0.409. The fraction of sp³-hybridized carbons (Fsp3) is 0.300. The first-order valence-electron chi connectivity index (χ1n) is 12.7. The number of carbonyl (C=O) groups is 1. The Kier molecular flexibility index (Phi) is 9.36. The van der Waals surface area contributed by atoms with Gasteiger partial charge in [-0.2, -0.15) is 0 Å². The van der Waals surface area contributed by atoms with Crippen LogP contribution in [0.25, 0.3) is 10.9 Å². The van der Waals surface area contributed by atoms with Crippen LogP contribution in [0.2, 0.25) is 5.02 Å². The van der Waals surface area contributed by atoms with E-state index in [1.807, 2.05) is 80.5 Å². The summed E-state index contributed by atoms with van der Waals surface area (Å²) in [5, 5.41) is 1.01. The molecule has 1 heterocycles. The minimum Gasteiger partial charge on any atom is -0.328 e. The number of hydrogen-bond acceptors (Lipinski definition) is 4. The Labute approximate surface area is 237 Å². The Hall–Kier alpha value is -3.00. The molecular weight excluding hydrogens is 564 g/mol. The number of amides is 1. The second-order valence-electron chi connectivity index (χ2n) is 9.59. The molecule has 0 aliphatic heterocycles. The van der Waals surface area contributed by atoms with Gasteiger partial charge in [-0.05, 0) is 81.5 Å². The van der Waals surface area contributed by atoms with Crippen LogP contribution in [0.15, 0.2) is 82.1 Å². The highest BCUT2D eigenvalue weighted by Crippen LogP contribution is 2.28. The average molecular weight is 596 g/mol. The predicted molar refractivity (Wildman–Crippen MR) is 158 cm³/mol. The number of benzene rings is 3. The van der Waals surface area contributed by atoms with E-state index < -0.39 is 6.04 Å². The molecule has 0 radical (unpaired) electrons. The zero-order valence-corrected chi connectivity index (χ0v) is 24.2. The van der Waals surface area contributed by atoms with Gasteiger partial charge in [0.25, 0.3) is 11.5 Å². The van der Waals surface area contributed by atoms with Crippen LogP contribution in [0.3, 0.4) is 0 Å². The van der Waals surface area contributed by atoms with Gasteiger partial charge in [-0.3, -0.25) is 14.2 Å². The molecule has 38 heavy (non-hydrogen) atoms. The maximum absolute atomic E-state index is 13.9. The van der Waals surface area contributed by atoms with Gasteiger partial charge < -0.3 is 9.80 Å². The molecular formula is C30H32BrClN4O2. The largest absolute Gasteiger partial charge is 0.328 e. The summed E-state index contributed by atoms with van der Waals surface area (Å²) in [4.78, 5) is 36.7. The van der Waals surface area contributed by atoms with Crippen molar-refractivity contribution in [1.29, 1.82) is 0 Å². The quantitative estimate of drug-likeness (QED) is 0.213. The van der Waals surface area contributed by atoms with Gasteiger partial charge in [-0.25, -0.2) is 4.98 Å². The van der Waals surface area contributed by atoms with Gasteiger partial charge >= 0.3 is 0 Å². The first-order chi connectivity index (χ1) is 18.3. The lowest BCUT2D eigenvalue weighted by molar-refractivity contribution is 0.0649. The summed E-state index contributed by atoms with van der Waals surface area (Å²) in [5.41, 5.74) is 1.97. The van der Waals surface area contributed by atoms with Gasteiger partial charge in [0.2, 0.25) is 0 Å². The third-order valence-electron chi connectivity index (χ3n) is 6.55. The molecule has 1 atom stereocenters. The second-order valence-corrected chi connectivity index (χ2v) is 10.9. The summed E-state index contributed by atoms with van der Waals surface area (Å²) < 4.78 is 2.62. The van der Waals surface area contributed by atoms with Gasteiger partial charge in [0, 0.05) is 21.6 Å². The monoisotopic (exact) mass is 594 g/mol. The Balaban J connectivity index is 1.87. The van der Waals surface area contributed by atoms with Crippen molar-refractivity contribution in [3.8, 4) is 0 Å². The van der Waals surface area contributed by atoms with Crippen LogP contribution in [0, 0.1) is 0 Å². The zero-order chi connectivity index (χ0) is 27.2. The number of rotatable bonds is 10. The lowest BCUT2D eigenvalue weighted by atomic mass is 10.1. The molecule has 0 saturated heterocycles. The van der Waals surface area contributed by atoms with Crippen molar-refractivity contribution in [2.45, 2.75) is 32.4 Å². The molecule has 0 bridgehead atoms. The lowest BCUT2D eigenvalue weighted by Crippen LogP contribution is -2.40. The Morgan fingerprint density at radius 2 is 1.74 bits per heavy atom. The van der Waals surface area contributed by atoms with E-state index in [0.717, 1.165) is 23.0 Å². The average Bonchev–Trinajstić information content (AvgIpc) is 2.90. The third-order valence-corrected chi connectivity index (χ3v) is 7.31. The van der Waals surface area contributed by atoms with Crippen molar-refractivity contribution >= 4 is 44.3 Å². The van der Waals surface area contributed by atoms with Crippen LogP contribution >= 0.6 is 27.5 Å². The molecule has 1 amide bonds. The molecule has 0 spiro atoms. The highest BCUT2D eigenvalue weighted by molar-refractivity contribution is 9.10. The van der Waals surface area contributed by atoms with Crippen LogP contribution in [-0.2, 0) is 6.54 Å². The van der Waals surface area contributed by atoms with Gasteiger partial charge in [0.05, 0.1) is 23.5 Å². The fourth-order valence-corrected chi connectivity index (χ4v) is 5.07. The summed E-state index contributed by atoms with van der Waals surface area (Å²) in [5.74, 6) is 0.473. The van der Waals surface area contributed by atoms with Crippen LogP contribution in [0.5, 0.6) is 0 Å². The molecule has 0 N–H and O–H groups in total. The number of halogens is 2. The maximum atomic E-state index is 13.9. The molecule has 0 unspecified atom stereocenters. The Bertz CT molecular complexity index is 1460. The van der Waals surface area contributed by atoms with Gasteiger partial charge in [0.15, 0.2) is 0 Å². The van der Waals surface area contributed by atoms with E-state index in [9.17, 15) is 9.59 Å². The maximum Gasteiger partial charge on any atom is 0.261 e. The van der Waals surface area contributed by atoms with E-state index >= 15 is 0 Å². The summed E-state index contributed by atoms with van der Waals surface area (Å²) in [6.45, 7) is 3.74. The van der Waals surface area contributed by atoms with Gasteiger partial charge in [-0.1, -0.05) is 64.8 Å². The van der Waals surface area contributed by atoms with E-state index in [2.05, 4.69) is 20.8 Å². The summed E-state index contributed by atoms with van der Waals surface area (Å²) in [6, 6.07) is 22.0. The minimum absolute atomic E-state index is 0.0881. The number of aromatic nitrogens is 2. The summed E-state index contributed by atoms with van der Waals surface area (Å²) in [6.07, 6.45) is 1.38. The van der Waals surface area contributed by atoms with Crippen molar-refractivity contribution in [2.24, 2.45) is 0 Å². The molecule has 6 nitrogen and oxygen atoms in total. The first-order valence-corrected chi connectivity index (χ1v) is 13.9. The molecule has 3 aromatic carbocycles. The van der Waals surface area contributed by atoms with Crippen molar-refractivity contribution in [2.75, 3.05) is 27.2 Å². The Morgan fingerprint density at radius 1 is 1.03 bits per heavy atom. The molecule has 8 heteroatoms. The van der Waals surface area contributed by atoms with Crippen molar-refractivity contribution < 1.29 is 4.79 Å². The lowest BCUT2D eigenvalue weighted by Gasteiger charge is -2.33. The van der Waals surface area contributed by atoms with E-state index in [4.69, 9.17) is 16.6 Å². The van der Waals surface area contributed by atoms with Crippen LogP contribution in [0.1, 0.15) is 47.6 Å². The van der Waals surface area contributed by atoms with E-state index in [-0.39, 0.29) is 11.5 Å². The molecule has 0 aliphatic carbocycles. The van der Waals surface area contributed by atoms with Gasteiger partial charge in [0.1, 0.15) is 5.82 Å². The summed E-state index contributed by atoms with van der Waals surface area (Å²) in [7, 11) is 4.04. The molecule has 0 saturated carbocycles. The van der Waals surface area contributed by atoms with Gasteiger partial charge in [-0.15, -0.1) is 0 Å². The number of fused-ring (bicyclic) bond motifs is 1. The normalized spacial score (nSPS) is 12.2. The molecule has 4 aromatic rings. The van der Waals surface area contributed by atoms with E-state index in [1.165, 1.54) is 0 Å². The van der Waals surface area contributed by atoms with Crippen molar-refractivity contribution in [3.05, 3.63) is 110 Å². The molecule has 0 fully saturated rings. The number of nitrogens with zero attached hydrogens (tertiary/aromatic N) is 4. The standard InChI is InChI=1S/C30H32BrClN4O2/c1-4-27(35(18-8-17-34(2)3)29(37)22-11-13-23(31)14-12-22)28-33-26-19-24(32)15-16-25(26)30(38)36(28)20-21-9-6-5-7-10-21/h5-7,9-16,19,27H,4,8,17-18,20H2,1-3H3/t27-/m1/s1. The van der Waals surface area contributed by atoms with Crippen LogP contribution in [-0.4, -0.2) is 52.4 Å². The highest BCUT2D eigenvalue weighted by Gasteiger charge is 2.29. The SMILES string of the molecule is CC[C@H](c1nc2cc(Cl)ccc2c(=O)n1Cc1ccccc1)N(CCCN(C)C)C(=O)c1ccc(Br)cc1. The van der Waals surface area contributed by atoms with Crippen LogP contribution < -0.4 is 5.56 Å².